The average Bonchev–Trinajstić information content (AvgIpc) is 2.90. The van der Waals surface area contributed by atoms with Gasteiger partial charge in [-0.05, 0) is 36.8 Å². The first-order chi connectivity index (χ1) is 12.6. The zero-order chi connectivity index (χ0) is 20.4. The molecule has 0 aliphatic rings. The molecule has 3 N–H and O–H groups in total. The van der Waals surface area contributed by atoms with Crippen molar-refractivity contribution in [1.82, 2.24) is 0 Å². The van der Waals surface area contributed by atoms with Gasteiger partial charge in [-0.15, -0.1) is 11.3 Å². The van der Waals surface area contributed by atoms with Gasteiger partial charge in [-0.2, -0.15) is 0 Å². The van der Waals surface area contributed by atoms with E-state index in [-0.39, 0.29) is 25.9 Å². The zero-order valence-corrected chi connectivity index (χ0v) is 15.9. The summed E-state index contributed by atoms with van der Waals surface area (Å²) in [6.45, 7) is 1.45. The van der Waals surface area contributed by atoms with Crippen LogP contribution in [0.2, 0.25) is 0 Å². The molecule has 0 fully saturated rings. The predicted octanol–water partition coefficient (Wildman–Crippen LogP) is 1.49. The van der Waals surface area contributed by atoms with Gasteiger partial charge in [0.05, 0.1) is 17.6 Å². The lowest BCUT2D eigenvalue weighted by Gasteiger charge is -2.06. The number of carbonyl (C=O) groups is 3. The Hall–Kier alpha value is -2.79. The number of hydrogen-bond donors (Lipinski definition) is 2. The molecule has 0 aliphatic heterocycles. The number of ether oxygens (including phenoxy) is 1. The second-order valence-electron chi connectivity index (χ2n) is 5.38. The molecule has 0 saturated heterocycles. The van der Waals surface area contributed by atoms with Crippen molar-refractivity contribution >= 4 is 44.0 Å². The Morgan fingerprint density at radius 2 is 1.81 bits per heavy atom. The summed E-state index contributed by atoms with van der Waals surface area (Å²) in [5.41, 5.74) is 5.40. The molecule has 1 heterocycles. The molecule has 27 heavy (non-hydrogen) atoms. The summed E-state index contributed by atoms with van der Waals surface area (Å²) in [6.07, 6.45) is 0. The van der Waals surface area contributed by atoms with Gasteiger partial charge in [-0.25, -0.2) is 17.6 Å². The molecule has 144 valence electrons. The van der Waals surface area contributed by atoms with Crippen molar-refractivity contribution in [1.29, 1.82) is 0 Å². The second-order valence-corrected chi connectivity index (χ2v) is 8.39. The molecule has 0 bridgehead atoms. The first-order valence-corrected chi connectivity index (χ1v) is 9.83. The second kappa shape index (κ2) is 7.84. The number of anilines is 1. The van der Waals surface area contributed by atoms with Gasteiger partial charge < -0.3 is 15.8 Å². The fourth-order valence-electron chi connectivity index (χ4n) is 2.25. The number of rotatable bonds is 6. The quantitative estimate of drug-likeness (QED) is 0.544. The van der Waals surface area contributed by atoms with E-state index in [0.717, 1.165) is 42.7 Å². The Labute approximate surface area is 158 Å². The molecule has 2 aromatic rings. The number of esters is 1. The smallest absolute Gasteiger partial charge is 0.348 e. The summed E-state index contributed by atoms with van der Waals surface area (Å²) < 4.78 is 42.0. The SMILES string of the molecule is COC(=O)c1sc(NC(=O)CS(=O)(=O)c2ccc(F)cc2)c(C(N)=O)c1C. The van der Waals surface area contributed by atoms with E-state index in [9.17, 15) is 27.2 Å². The van der Waals surface area contributed by atoms with Crippen LogP contribution in [0.15, 0.2) is 29.2 Å². The summed E-state index contributed by atoms with van der Waals surface area (Å²) in [4.78, 5) is 35.4. The average molecular weight is 414 g/mol. The Bertz CT molecular complexity index is 1010. The van der Waals surface area contributed by atoms with Crippen molar-refractivity contribution in [2.45, 2.75) is 11.8 Å². The normalized spacial score (nSPS) is 11.1. The van der Waals surface area contributed by atoms with E-state index in [0.29, 0.717) is 0 Å². The van der Waals surface area contributed by atoms with Crippen molar-refractivity contribution in [3.05, 3.63) is 46.1 Å². The number of nitrogens with two attached hydrogens (primary N) is 1. The van der Waals surface area contributed by atoms with Gasteiger partial charge in [0, 0.05) is 0 Å². The molecule has 0 spiro atoms. The lowest BCUT2D eigenvalue weighted by atomic mass is 10.1. The van der Waals surface area contributed by atoms with Gasteiger partial charge in [-0.3, -0.25) is 9.59 Å². The number of carbonyl (C=O) groups excluding carboxylic acids is 3. The molecular formula is C16H15FN2O6S2. The number of sulfone groups is 1. The number of nitrogens with one attached hydrogen (secondary N) is 1. The van der Waals surface area contributed by atoms with Crippen molar-refractivity contribution in [3.63, 3.8) is 0 Å². The minimum Gasteiger partial charge on any atom is -0.465 e. The van der Waals surface area contributed by atoms with E-state index in [4.69, 9.17) is 5.73 Å². The van der Waals surface area contributed by atoms with Gasteiger partial charge in [-0.1, -0.05) is 0 Å². The van der Waals surface area contributed by atoms with E-state index in [2.05, 4.69) is 10.1 Å². The molecular weight excluding hydrogens is 399 g/mol. The van der Waals surface area contributed by atoms with Crippen LogP contribution in [0.4, 0.5) is 9.39 Å². The number of amides is 2. The number of benzene rings is 1. The summed E-state index contributed by atoms with van der Waals surface area (Å²) in [6, 6.07) is 4.00. The summed E-state index contributed by atoms with van der Waals surface area (Å²) in [5.74, 6) is -4.12. The minimum atomic E-state index is -4.04. The summed E-state index contributed by atoms with van der Waals surface area (Å²) >= 11 is 0.748. The summed E-state index contributed by atoms with van der Waals surface area (Å²) in [5, 5.41) is 2.23. The highest BCUT2D eigenvalue weighted by molar-refractivity contribution is 7.92. The number of methoxy groups -OCH3 is 1. The molecule has 0 unspecified atom stereocenters. The van der Waals surface area contributed by atoms with Crippen LogP contribution in [-0.2, 0) is 19.4 Å². The van der Waals surface area contributed by atoms with Gasteiger partial charge in [0.25, 0.3) is 5.91 Å². The predicted molar refractivity (Wildman–Crippen MR) is 96.0 cm³/mol. The fourth-order valence-corrected chi connectivity index (χ4v) is 4.53. The maximum Gasteiger partial charge on any atom is 0.348 e. The van der Waals surface area contributed by atoms with Crippen LogP contribution in [0.5, 0.6) is 0 Å². The standard InChI is InChI=1S/C16H15FN2O6S2/c1-8-12(14(18)21)15(26-13(8)16(22)25-2)19-11(20)7-27(23,24)10-5-3-9(17)4-6-10/h3-6H,7H2,1-2H3,(H2,18,21)(H,19,20). The molecule has 0 saturated carbocycles. The van der Waals surface area contributed by atoms with E-state index < -0.39 is 39.2 Å². The molecule has 2 rings (SSSR count). The van der Waals surface area contributed by atoms with E-state index in [1.54, 1.807) is 0 Å². The van der Waals surface area contributed by atoms with Crippen molar-refractivity contribution < 1.29 is 31.9 Å². The molecule has 0 radical (unpaired) electrons. The van der Waals surface area contributed by atoms with Crippen LogP contribution >= 0.6 is 11.3 Å². The van der Waals surface area contributed by atoms with Crippen molar-refractivity contribution in [3.8, 4) is 0 Å². The minimum absolute atomic E-state index is 0.0558. The number of thiophene rings is 1. The molecule has 0 atom stereocenters. The van der Waals surface area contributed by atoms with Crippen molar-refractivity contribution in [2.75, 3.05) is 18.2 Å². The van der Waals surface area contributed by atoms with Crippen LogP contribution in [0.1, 0.15) is 25.6 Å². The topological polar surface area (TPSA) is 133 Å². The van der Waals surface area contributed by atoms with Gasteiger partial charge in [0.2, 0.25) is 5.91 Å². The first kappa shape index (κ1) is 20.5. The van der Waals surface area contributed by atoms with E-state index >= 15 is 0 Å². The fraction of sp³-hybridized carbons (Fsp3) is 0.188. The third-order valence-corrected chi connectivity index (χ3v) is 6.33. The van der Waals surface area contributed by atoms with Crippen LogP contribution in [-0.4, -0.2) is 39.1 Å². The Morgan fingerprint density at radius 1 is 1.22 bits per heavy atom. The van der Waals surface area contributed by atoms with Gasteiger partial charge in [0.1, 0.15) is 21.4 Å². The van der Waals surface area contributed by atoms with Gasteiger partial charge in [0.15, 0.2) is 9.84 Å². The lowest BCUT2D eigenvalue weighted by molar-refractivity contribution is -0.113. The third kappa shape index (κ3) is 4.49. The van der Waals surface area contributed by atoms with Crippen LogP contribution in [0, 0.1) is 12.7 Å². The monoisotopic (exact) mass is 414 g/mol. The van der Waals surface area contributed by atoms with Crippen molar-refractivity contribution in [2.24, 2.45) is 5.73 Å². The van der Waals surface area contributed by atoms with E-state index in [1.807, 2.05) is 0 Å². The largest absolute Gasteiger partial charge is 0.465 e. The number of primary amides is 1. The highest BCUT2D eigenvalue weighted by Gasteiger charge is 2.26. The highest BCUT2D eigenvalue weighted by atomic mass is 32.2. The Kier molecular flexibility index (Phi) is 5.96. The number of hydrogen-bond acceptors (Lipinski definition) is 7. The molecule has 0 aliphatic carbocycles. The Balaban J connectivity index is 2.28. The molecule has 2 amide bonds. The maximum absolute atomic E-state index is 12.9. The molecule has 8 nitrogen and oxygen atoms in total. The summed E-state index contributed by atoms with van der Waals surface area (Å²) in [7, 11) is -2.88. The third-order valence-electron chi connectivity index (χ3n) is 3.51. The Morgan fingerprint density at radius 3 is 2.33 bits per heavy atom. The maximum atomic E-state index is 12.9. The van der Waals surface area contributed by atoms with Gasteiger partial charge >= 0.3 is 5.97 Å². The highest BCUT2D eigenvalue weighted by Crippen LogP contribution is 2.33. The van der Waals surface area contributed by atoms with Crippen LogP contribution in [0.25, 0.3) is 0 Å². The molecule has 1 aromatic carbocycles. The van der Waals surface area contributed by atoms with E-state index in [1.165, 1.54) is 6.92 Å². The molecule has 11 heteroatoms. The number of halogens is 1. The first-order valence-electron chi connectivity index (χ1n) is 7.36. The zero-order valence-electron chi connectivity index (χ0n) is 14.2. The van der Waals surface area contributed by atoms with Crippen LogP contribution in [0.3, 0.4) is 0 Å². The van der Waals surface area contributed by atoms with Crippen LogP contribution < -0.4 is 11.1 Å². The lowest BCUT2D eigenvalue weighted by Crippen LogP contribution is -2.24. The molecule has 1 aromatic heterocycles.